The molecule has 0 radical (unpaired) electrons. The molecule has 0 saturated carbocycles. The van der Waals surface area contributed by atoms with Gasteiger partial charge in [-0.3, -0.25) is 0 Å². The Hall–Kier alpha value is -0.940. The number of benzene rings is 1. The van der Waals surface area contributed by atoms with E-state index in [1.165, 1.54) is 0 Å². The molecule has 2 rings (SSSR count). The zero-order valence-corrected chi connectivity index (χ0v) is 10.2. The zero-order valence-electron chi connectivity index (χ0n) is 8.61. The fraction of sp³-hybridized carbons (Fsp3) is 0.400. The number of hydrogen-bond donors (Lipinski definition) is 2. The summed E-state index contributed by atoms with van der Waals surface area (Å²) >= 11 is 5.78. The highest BCUT2D eigenvalue weighted by atomic mass is 35.5. The van der Waals surface area contributed by atoms with E-state index in [0.29, 0.717) is 17.1 Å². The van der Waals surface area contributed by atoms with Gasteiger partial charge in [0.2, 0.25) is 0 Å². The fourth-order valence-corrected chi connectivity index (χ4v) is 3.65. The topological polar surface area (TPSA) is 72.2 Å². The first-order chi connectivity index (χ1) is 7.46. The maximum absolute atomic E-state index is 11.3. The first kappa shape index (κ1) is 11.5. The molecule has 1 atom stereocenters. The van der Waals surface area contributed by atoms with E-state index < -0.39 is 9.84 Å². The third-order valence-electron chi connectivity index (χ3n) is 2.61. The Morgan fingerprint density at radius 1 is 1.44 bits per heavy atom. The van der Waals surface area contributed by atoms with E-state index in [0.717, 1.165) is 5.69 Å². The Labute approximate surface area is 99.7 Å². The van der Waals surface area contributed by atoms with Crippen LogP contribution >= 0.6 is 11.6 Å². The molecular weight excluding hydrogens is 248 g/mol. The largest absolute Gasteiger partial charge is 0.397 e. The quantitative estimate of drug-likeness (QED) is 0.791. The average Bonchev–Trinajstić information content (AvgIpc) is 2.51. The van der Waals surface area contributed by atoms with Crippen molar-refractivity contribution < 1.29 is 8.42 Å². The predicted octanol–water partition coefficient (Wildman–Crippen LogP) is 1.52. The lowest BCUT2D eigenvalue weighted by Gasteiger charge is -2.14. The van der Waals surface area contributed by atoms with E-state index >= 15 is 0 Å². The van der Waals surface area contributed by atoms with Crippen molar-refractivity contribution in [1.82, 2.24) is 0 Å². The Bertz CT molecular complexity index is 502. The second-order valence-electron chi connectivity index (χ2n) is 3.98. The third kappa shape index (κ3) is 2.59. The first-order valence-corrected chi connectivity index (χ1v) is 7.18. The van der Waals surface area contributed by atoms with E-state index in [1.54, 1.807) is 18.2 Å². The number of halogens is 1. The molecule has 0 bridgehead atoms. The first-order valence-electron chi connectivity index (χ1n) is 4.98. The van der Waals surface area contributed by atoms with Crippen molar-refractivity contribution in [2.24, 2.45) is 0 Å². The van der Waals surface area contributed by atoms with Crippen LogP contribution in [0.2, 0.25) is 5.02 Å². The SMILES string of the molecule is Nc1cc(Cl)ccc1N[C@H]1CCS(=O)(=O)C1. The normalized spacial score (nSPS) is 23.2. The standard InChI is InChI=1S/C10H13ClN2O2S/c11-7-1-2-10(9(12)5-7)13-8-3-4-16(14,15)6-8/h1-2,5,8,13H,3-4,6,12H2/t8-/m0/s1. The molecule has 1 aliphatic rings. The minimum absolute atomic E-state index is 0.0477. The molecule has 4 nitrogen and oxygen atoms in total. The van der Waals surface area contributed by atoms with E-state index in [4.69, 9.17) is 17.3 Å². The van der Waals surface area contributed by atoms with Crippen LogP contribution in [0.15, 0.2) is 18.2 Å². The second kappa shape index (κ2) is 4.14. The molecule has 16 heavy (non-hydrogen) atoms. The molecule has 6 heteroatoms. The van der Waals surface area contributed by atoms with Crippen LogP contribution < -0.4 is 11.1 Å². The van der Waals surface area contributed by atoms with Crippen LogP contribution in [0.1, 0.15) is 6.42 Å². The highest BCUT2D eigenvalue weighted by Gasteiger charge is 2.27. The smallest absolute Gasteiger partial charge is 0.152 e. The maximum Gasteiger partial charge on any atom is 0.152 e. The Morgan fingerprint density at radius 3 is 2.75 bits per heavy atom. The third-order valence-corrected chi connectivity index (χ3v) is 4.61. The fourth-order valence-electron chi connectivity index (χ4n) is 1.79. The number of hydrogen-bond acceptors (Lipinski definition) is 4. The average molecular weight is 261 g/mol. The van der Waals surface area contributed by atoms with Gasteiger partial charge in [0.25, 0.3) is 0 Å². The van der Waals surface area contributed by atoms with Crippen molar-refractivity contribution in [1.29, 1.82) is 0 Å². The highest BCUT2D eigenvalue weighted by molar-refractivity contribution is 7.91. The van der Waals surface area contributed by atoms with Crippen LogP contribution in [0.5, 0.6) is 0 Å². The summed E-state index contributed by atoms with van der Waals surface area (Å²) in [6.45, 7) is 0. The molecular formula is C10H13ClN2O2S. The van der Waals surface area contributed by atoms with E-state index in [9.17, 15) is 8.42 Å². The lowest BCUT2D eigenvalue weighted by Crippen LogP contribution is -2.21. The van der Waals surface area contributed by atoms with Gasteiger partial charge in [-0.15, -0.1) is 0 Å². The summed E-state index contributed by atoms with van der Waals surface area (Å²) in [5.41, 5.74) is 7.05. The molecule has 0 spiro atoms. The number of rotatable bonds is 2. The van der Waals surface area contributed by atoms with Gasteiger partial charge < -0.3 is 11.1 Å². The molecule has 1 aromatic carbocycles. The van der Waals surface area contributed by atoms with Crippen molar-refractivity contribution in [3.63, 3.8) is 0 Å². The molecule has 1 aliphatic heterocycles. The van der Waals surface area contributed by atoms with Crippen LogP contribution in [0, 0.1) is 0 Å². The molecule has 1 aromatic rings. The van der Waals surface area contributed by atoms with Gasteiger partial charge in [0.1, 0.15) is 0 Å². The van der Waals surface area contributed by atoms with Crippen LogP contribution in [0.3, 0.4) is 0 Å². The molecule has 1 saturated heterocycles. The highest BCUT2D eigenvalue weighted by Crippen LogP contribution is 2.25. The molecule has 3 N–H and O–H groups in total. The second-order valence-corrected chi connectivity index (χ2v) is 6.64. The molecule has 0 amide bonds. The van der Waals surface area contributed by atoms with Crippen molar-refractivity contribution in [3.8, 4) is 0 Å². The van der Waals surface area contributed by atoms with Crippen LogP contribution in [-0.4, -0.2) is 26.0 Å². The number of nitrogen functional groups attached to an aromatic ring is 1. The summed E-state index contributed by atoms with van der Waals surface area (Å²) in [5, 5.41) is 3.70. The van der Waals surface area contributed by atoms with E-state index in [-0.39, 0.29) is 17.5 Å². The van der Waals surface area contributed by atoms with Gasteiger partial charge in [0, 0.05) is 11.1 Å². The number of nitrogens with one attached hydrogen (secondary N) is 1. The Balaban J connectivity index is 2.11. The van der Waals surface area contributed by atoms with Crippen LogP contribution in [0.4, 0.5) is 11.4 Å². The lowest BCUT2D eigenvalue weighted by molar-refractivity contribution is 0.602. The Morgan fingerprint density at radius 2 is 2.19 bits per heavy atom. The minimum atomic E-state index is -2.87. The summed E-state index contributed by atoms with van der Waals surface area (Å²) in [4.78, 5) is 0. The number of nitrogens with two attached hydrogens (primary N) is 1. The monoisotopic (exact) mass is 260 g/mol. The van der Waals surface area contributed by atoms with Crippen molar-refractivity contribution in [3.05, 3.63) is 23.2 Å². The molecule has 0 aromatic heterocycles. The molecule has 1 heterocycles. The van der Waals surface area contributed by atoms with Gasteiger partial charge in [-0.2, -0.15) is 0 Å². The van der Waals surface area contributed by atoms with E-state index in [1.807, 2.05) is 0 Å². The lowest BCUT2D eigenvalue weighted by atomic mass is 10.2. The maximum atomic E-state index is 11.3. The summed E-state index contributed by atoms with van der Waals surface area (Å²) in [5.74, 6) is 0.424. The predicted molar refractivity (Wildman–Crippen MR) is 66.5 cm³/mol. The molecule has 1 fully saturated rings. The Kier molecular flexibility index (Phi) is 2.99. The van der Waals surface area contributed by atoms with Crippen LogP contribution in [0.25, 0.3) is 0 Å². The zero-order chi connectivity index (χ0) is 11.8. The van der Waals surface area contributed by atoms with E-state index in [2.05, 4.69) is 5.32 Å². The van der Waals surface area contributed by atoms with Gasteiger partial charge in [0.15, 0.2) is 9.84 Å². The van der Waals surface area contributed by atoms with Gasteiger partial charge in [-0.1, -0.05) is 11.6 Å². The van der Waals surface area contributed by atoms with Gasteiger partial charge >= 0.3 is 0 Å². The molecule has 0 aliphatic carbocycles. The summed E-state index contributed by atoms with van der Waals surface area (Å²) in [6.07, 6.45) is 0.629. The molecule has 0 unspecified atom stereocenters. The van der Waals surface area contributed by atoms with Crippen molar-refractivity contribution in [2.45, 2.75) is 12.5 Å². The number of anilines is 2. The minimum Gasteiger partial charge on any atom is -0.397 e. The van der Waals surface area contributed by atoms with Crippen molar-refractivity contribution in [2.75, 3.05) is 22.6 Å². The molecule has 88 valence electrons. The van der Waals surface area contributed by atoms with Gasteiger partial charge in [0.05, 0.1) is 22.9 Å². The van der Waals surface area contributed by atoms with Gasteiger partial charge in [-0.25, -0.2) is 8.42 Å². The summed E-state index contributed by atoms with van der Waals surface area (Å²) in [7, 11) is -2.87. The number of sulfone groups is 1. The van der Waals surface area contributed by atoms with Crippen LogP contribution in [-0.2, 0) is 9.84 Å². The van der Waals surface area contributed by atoms with Crippen molar-refractivity contribution >= 4 is 32.8 Å². The van der Waals surface area contributed by atoms with Gasteiger partial charge in [-0.05, 0) is 24.6 Å². The summed E-state index contributed by atoms with van der Waals surface area (Å²) < 4.78 is 22.6. The summed E-state index contributed by atoms with van der Waals surface area (Å²) in [6, 6.07) is 5.09.